The van der Waals surface area contributed by atoms with Crippen LogP contribution in [-0.4, -0.2) is 48.9 Å². The Morgan fingerprint density at radius 1 is 0.780 bits per heavy atom. The van der Waals surface area contributed by atoms with Gasteiger partial charge in [0.1, 0.15) is 11.5 Å². The van der Waals surface area contributed by atoms with Gasteiger partial charge in [-0.15, -0.1) is 26.3 Å². The maximum atomic E-state index is 12.5. The van der Waals surface area contributed by atoms with Crippen LogP contribution in [0.25, 0.3) is 11.3 Å². The number of nitrogens with zero attached hydrogens (tertiary/aromatic N) is 2. The van der Waals surface area contributed by atoms with Crippen LogP contribution in [0.5, 0.6) is 11.5 Å². The monoisotopic (exact) mass is 584 g/mol. The predicted octanol–water partition coefficient (Wildman–Crippen LogP) is 7.12. The van der Waals surface area contributed by atoms with Crippen molar-refractivity contribution >= 4 is 11.7 Å². The first-order valence-corrected chi connectivity index (χ1v) is 13.5. The third-order valence-electron chi connectivity index (χ3n) is 7.26. The summed E-state index contributed by atoms with van der Waals surface area (Å²) in [6.07, 6.45) is -2.03. The number of alkyl halides is 6. The van der Waals surface area contributed by atoms with E-state index in [1.54, 1.807) is 12.1 Å². The average Bonchev–Trinajstić information content (AvgIpc) is 3.38. The summed E-state index contributed by atoms with van der Waals surface area (Å²) in [6, 6.07) is 12.1. The smallest absolute Gasteiger partial charge is 0.424 e. The lowest BCUT2D eigenvalue weighted by molar-refractivity contribution is -0.275. The summed E-state index contributed by atoms with van der Waals surface area (Å²) < 4.78 is 88.5. The molecule has 0 spiro atoms. The summed E-state index contributed by atoms with van der Waals surface area (Å²) in [5.41, 5.74) is 1.41. The molecule has 2 N–H and O–H groups in total. The first-order chi connectivity index (χ1) is 19.5. The highest BCUT2D eigenvalue weighted by atomic mass is 19.4. The summed E-state index contributed by atoms with van der Waals surface area (Å²) in [5, 5.41) is 7.17. The summed E-state index contributed by atoms with van der Waals surface area (Å²) in [6.45, 7) is 1.53. The minimum Gasteiger partial charge on any atom is -0.424 e. The molecule has 1 aliphatic heterocycles. The van der Waals surface area contributed by atoms with Crippen LogP contribution in [0, 0.1) is 0 Å². The van der Waals surface area contributed by atoms with Crippen LogP contribution in [0.15, 0.2) is 59.1 Å². The quantitative estimate of drug-likeness (QED) is 0.273. The van der Waals surface area contributed by atoms with E-state index in [-0.39, 0.29) is 29.6 Å². The molecular formula is C28H30F6N4O3. The normalized spacial score (nSPS) is 21.9. The number of anilines is 2. The molecule has 2 aliphatic rings. The number of rotatable bonds is 8. The highest BCUT2D eigenvalue weighted by Crippen LogP contribution is 2.31. The van der Waals surface area contributed by atoms with Crippen molar-refractivity contribution in [1.82, 2.24) is 10.3 Å². The second kappa shape index (κ2) is 12.1. The molecule has 2 heterocycles. The zero-order chi connectivity index (χ0) is 29.0. The maximum Gasteiger partial charge on any atom is 0.573 e. The minimum absolute atomic E-state index is 0.0620. The van der Waals surface area contributed by atoms with E-state index < -0.39 is 12.7 Å². The van der Waals surface area contributed by atoms with Gasteiger partial charge in [0.15, 0.2) is 5.76 Å². The standard InChI is InChI=1S/C28H30F6N4O3/c29-27(30,31)40-21-11-7-18(8-12-21)25-16-35-26(39-25)37-24-6-2-1-5-23(24)36-19-4-3-15-38(17-19)20-9-13-22(14-10-20)41-28(32,33)34/h7-14,16,19,23-24,36H,1-6,15,17H2,(H,35,37)/t19-,23+,24+/m0/s1. The average molecular weight is 585 g/mol. The summed E-state index contributed by atoms with van der Waals surface area (Å²) in [7, 11) is 0. The summed E-state index contributed by atoms with van der Waals surface area (Å²) in [5.74, 6) is -0.142. The molecule has 5 rings (SSSR count). The van der Waals surface area contributed by atoms with Gasteiger partial charge in [0.25, 0.3) is 6.01 Å². The second-order valence-corrected chi connectivity index (χ2v) is 10.2. The molecule has 2 fully saturated rings. The molecule has 0 radical (unpaired) electrons. The van der Waals surface area contributed by atoms with Gasteiger partial charge in [0, 0.05) is 42.5 Å². The van der Waals surface area contributed by atoms with E-state index in [1.165, 1.54) is 42.6 Å². The zero-order valence-corrected chi connectivity index (χ0v) is 22.0. The molecule has 0 amide bonds. The molecule has 1 aromatic heterocycles. The Hall–Kier alpha value is -3.61. The number of piperidine rings is 1. The SMILES string of the molecule is FC(F)(F)Oc1ccc(-c2cnc(N[C@@H]3CCCC[C@H]3N[C@H]3CCCN(c4ccc(OC(F)(F)F)cc4)C3)o2)cc1. The second-order valence-electron chi connectivity index (χ2n) is 10.2. The zero-order valence-electron chi connectivity index (χ0n) is 22.0. The molecule has 3 atom stereocenters. The number of benzene rings is 2. The van der Waals surface area contributed by atoms with Gasteiger partial charge < -0.3 is 29.4 Å². The number of halogens is 6. The number of hydrogen-bond acceptors (Lipinski definition) is 7. The van der Waals surface area contributed by atoms with Crippen molar-refractivity contribution in [2.75, 3.05) is 23.3 Å². The van der Waals surface area contributed by atoms with Gasteiger partial charge in [0.05, 0.1) is 6.20 Å². The lowest BCUT2D eigenvalue weighted by Gasteiger charge is -2.40. The van der Waals surface area contributed by atoms with Crippen molar-refractivity contribution in [1.29, 1.82) is 0 Å². The molecule has 7 nitrogen and oxygen atoms in total. The fourth-order valence-electron chi connectivity index (χ4n) is 5.47. The van der Waals surface area contributed by atoms with Crippen LogP contribution in [0.4, 0.5) is 38.0 Å². The number of nitrogens with one attached hydrogen (secondary N) is 2. The van der Waals surface area contributed by atoms with Crippen molar-refractivity contribution in [2.45, 2.75) is 69.4 Å². The van der Waals surface area contributed by atoms with Crippen LogP contribution in [0.2, 0.25) is 0 Å². The molecule has 1 saturated heterocycles. The van der Waals surface area contributed by atoms with E-state index in [4.69, 9.17) is 4.42 Å². The Bertz CT molecular complexity index is 1260. The van der Waals surface area contributed by atoms with Crippen molar-refractivity contribution < 1.29 is 40.2 Å². The van der Waals surface area contributed by atoms with E-state index >= 15 is 0 Å². The predicted molar refractivity (Wildman–Crippen MR) is 140 cm³/mol. The Balaban J connectivity index is 1.18. The Labute approximate surface area is 232 Å². The number of aromatic nitrogens is 1. The Kier molecular flexibility index (Phi) is 8.52. The van der Waals surface area contributed by atoms with Gasteiger partial charge in [-0.3, -0.25) is 0 Å². The van der Waals surface area contributed by atoms with E-state index in [0.29, 0.717) is 17.3 Å². The largest absolute Gasteiger partial charge is 0.573 e. The third-order valence-corrected chi connectivity index (χ3v) is 7.26. The Morgan fingerprint density at radius 2 is 1.39 bits per heavy atom. The van der Waals surface area contributed by atoms with E-state index in [1.807, 2.05) is 0 Å². The van der Waals surface area contributed by atoms with Crippen LogP contribution < -0.4 is 25.0 Å². The topological polar surface area (TPSA) is 71.8 Å². The van der Waals surface area contributed by atoms with E-state index in [9.17, 15) is 26.3 Å². The molecule has 3 aromatic rings. The number of oxazole rings is 1. The van der Waals surface area contributed by atoms with Crippen LogP contribution >= 0.6 is 0 Å². The minimum atomic E-state index is -4.76. The lowest BCUT2D eigenvalue weighted by atomic mass is 9.89. The van der Waals surface area contributed by atoms with Crippen molar-refractivity contribution in [3.05, 3.63) is 54.7 Å². The molecule has 0 unspecified atom stereocenters. The van der Waals surface area contributed by atoms with Crippen molar-refractivity contribution in [3.63, 3.8) is 0 Å². The Morgan fingerprint density at radius 3 is 2.02 bits per heavy atom. The molecule has 222 valence electrons. The first-order valence-electron chi connectivity index (χ1n) is 13.5. The van der Waals surface area contributed by atoms with Gasteiger partial charge in [-0.05, 0) is 74.2 Å². The molecule has 13 heteroatoms. The molecule has 1 aliphatic carbocycles. The third kappa shape index (κ3) is 8.21. The highest BCUT2D eigenvalue weighted by Gasteiger charge is 2.33. The fourth-order valence-corrected chi connectivity index (χ4v) is 5.47. The van der Waals surface area contributed by atoms with Gasteiger partial charge in [-0.2, -0.15) is 0 Å². The van der Waals surface area contributed by atoms with Gasteiger partial charge in [-0.25, -0.2) is 4.98 Å². The van der Waals surface area contributed by atoms with Crippen LogP contribution in [0.1, 0.15) is 38.5 Å². The maximum absolute atomic E-state index is 12.5. The molecule has 2 aromatic carbocycles. The van der Waals surface area contributed by atoms with Crippen molar-refractivity contribution in [3.8, 4) is 22.8 Å². The van der Waals surface area contributed by atoms with Gasteiger partial charge >= 0.3 is 12.7 Å². The fraction of sp³-hybridized carbons (Fsp3) is 0.464. The van der Waals surface area contributed by atoms with Crippen LogP contribution in [0.3, 0.4) is 0 Å². The summed E-state index contributed by atoms with van der Waals surface area (Å²) >= 11 is 0. The lowest BCUT2D eigenvalue weighted by Crippen LogP contribution is -2.54. The van der Waals surface area contributed by atoms with Gasteiger partial charge in [0.2, 0.25) is 0 Å². The van der Waals surface area contributed by atoms with E-state index in [2.05, 4.69) is 30.0 Å². The highest BCUT2D eigenvalue weighted by molar-refractivity contribution is 5.58. The van der Waals surface area contributed by atoms with Gasteiger partial charge in [-0.1, -0.05) is 12.8 Å². The first kappa shape index (κ1) is 28.9. The van der Waals surface area contributed by atoms with Crippen LogP contribution in [-0.2, 0) is 0 Å². The molecular weight excluding hydrogens is 554 g/mol. The van der Waals surface area contributed by atoms with Crippen molar-refractivity contribution in [2.24, 2.45) is 0 Å². The molecule has 1 saturated carbocycles. The number of ether oxygens (including phenoxy) is 2. The van der Waals surface area contributed by atoms with E-state index in [0.717, 1.165) is 57.3 Å². The summed E-state index contributed by atoms with van der Waals surface area (Å²) in [4.78, 5) is 6.49. The molecule has 41 heavy (non-hydrogen) atoms. The molecule has 0 bridgehead atoms. The number of hydrogen-bond donors (Lipinski definition) is 2.